The fraction of sp³-hybridized carbons (Fsp3) is 0.182. The molecule has 2 rings (SSSR count). The molecule has 0 bridgehead atoms. The Morgan fingerprint density at radius 3 is 2.84 bits per heavy atom. The summed E-state index contributed by atoms with van der Waals surface area (Å²) in [4.78, 5) is 19.7. The van der Waals surface area contributed by atoms with Crippen LogP contribution >= 0.6 is 15.9 Å². The molecule has 0 fully saturated rings. The Hall–Kier alpha value is -1.83. The maximum atomic E-state index is 12.3. The van der Waals surface area contributed by atoms with Crippen LogP contribution in [0, 0.1) is 0 Å². The number of nitrogens with zero attached hydrogens (tertiary/aromatic N) is 3. The number of hydrogen-bond acceptors (Lipinski definition) is 3. The number of aromatic nitrogens is 3. The van der Waals surface area contributed by atoms with E-state index in [1.165, 1.54) is 35.3 Å². The van der Waals surface area contributed by atoms with Gasteiger partial charge in [0.1, 0.15) is 10.3 Å². The zero-order valence-electron chi connectivity index (χ0n) is 9.55. The van der Waals surface area contributed by atoms with E-state index in [1.54, 1.807) is 0 Å². The summed E-state index contributed by atoms with van der Waals surface area (Å²) in [6.45, 7) is -0.526. The molecule has 0 radical (unpaired) electrons. The molecule has 0 aliphatic heterocycles. The highest BCUT2D eigenvalue weighted by atomic mass is 79.9. The second-order valence-electron chi connectivity index (χ2n) is 3.62. The molecule has 8 heteroatoms. The van der Waals surface area contributed by atoms with Crippen LogP contribution in [-0.2, 0) is 6.54 Å². The van der Waals surface area contributed by atoms with Gasteiger partial charge >= 0.3 is 0 Å². The third kappa shape index (κ3) is 3.57. The van der Waals surface area contributed by atoms with Crippen molar-refractivity contribution in [2.24, 2.45) is 0 Å². The van der Waals surface area contributed by atoms with Crippen LogP contribution in [-0.4, -0.2) is 26.9 Å². The van der Waals surface area contributed by atoms with Crippen molar-refractivity contribution in [3.05, 3.63) is 41.0 Å². The number of halogens is 3. The summed E-state index contributed by atoms with van der Waals surface area (Å²) in [5.41, 5.74) is 0.144. The third-order valence-corrected chi connectivity index (χ3v) is 2.67. The number of rotatable bonds is 4. The van der Waals surface area contributed by atoms with E-state index in [1.807, 2.05) is 0 Å². The van der Waals surface area contributed by atoms with Gasteiger partial charge in [-0.25, -0.2) is 18.7 Å². The Bertz CT molecular complexity index is 570. The average Bonchev–Trinajstić information content (AvgIpc) is 2.79. The molecule has 0 aliphatic rings. The number of alkyl halides is 2. The largest absolute Gasteiger partial charge is 0.338 e. The maximum Gasteiger partial charge on any atom is 0.273 e. The van der Waals surface area contributed by atoms with E-state index in [0.29, 0.717) is 4.60 Å². The Balaban J connectivity index is 2.11. The smallest absolute Gasteiger partial charge is 0.273 e. The quantitative estimate of drug-likeness (QED) is 0.937. The summed E-state index contributed by atoms with van der Waals surface area (Å²) in [5.74, 6) is -0.264. The highest BCUT2D eigenvalue weighted by Gasteiger charge is 2.14. The Morgan fingerprint density at radius 1 is 1.42 bits per heavy atom. The summed E-state index contributed by atoms with van der Waals surface area (Å²) in [6, 6.07) is 2.99. The van der Waals surface area contributed by atoms with Gasteiger partial charge < -0.3 is 9.88 Å². The van der Waals surface area contributed by atoms with E-state index < -0.39 is 18.9 Å². The first-order valence-electron chi connectivity index (χ1n) is 5.28. The number of nitrogens with one attached hydrogen (secondary N) is 1. The lowest BCUT2D eigenvalue weighted by Crippen LogP contribution is -2.19. The van der Waals surface area contributed by atoms with Gasteiger partial charge in [0.2, 0.25) is 0 Å². The van der Waals surface area contributed by atoms with Crippen molar-refractivity contribution in [2.45, 2.75) is 13.0 Å². The van der Waals surface area contributed by atoms with Gasteiger partial charge in [-0.1, -0.05) is 0 Å². The molecule has 5 nitrogen and oxygen atoms in total. The van der Waals surface area contributed by atoms with Gasteiger partial charge in [0, 0.05) is 6.20 Å². The number of hydrogen-bond donors (Lipinski definition) is 1. The molecule has 2 aromatic rings. The van der Waals surface area contributed by atoms with Crippen molar-refractivity contribution >= 4 is 27.7 Å². The van der Waals surface area contributed by atoms with Crippen LogP contribution in [0.25, 0.3) is 0 Å². The molecule has 0 saturated heterocycles. The van der Waals surface area contributed by atoms with Crippen molar-refractivity contribution in [1.82, 2.24) is 14.5 Å². The van der Waals surface area contributed by atoms with E-state index in [4.69, 9.17) is 0 Å². The predicted octanol–water partition coefficient (Wildman–Crippen LogP) is 2.56. The minimum absolute atomic E-state index is 0.144. The highest BCUT2D eigenvalue weighted by molar-refractivity contribution is 9.10. The van der Waals surface area contributed by atoms with Crippen LogP contribution in [0.5, 0.6) is 0 Å². The van der Waals surface area contributed by atoms with Crippen molar-refractivity contribution in [2.75, 3.05) is 5.32 Å². The number of amides is 1. The molecule has 0 spiro atoms. The Kier molecular flexibility index (Phi) is 4.20. The molecule has 0 aromatic carbocycles. The molecule has 0 atom stereocenters. The van der Waals surface area contributed by atoms with Crippen LogP contribution in [0.4, 0.5) is 14.6 Å². The van der Waals surface area contributed by atoms with Gasteiger partial charge in [0.05, 0.1) is 18.9 Å². The molecule has 0 aliphatic carbocycles. The second kappa shape index (κ2) is 5.87. The number of carbonyl (C=O) groups excluding carboxylic acids is 1. The van der Waals surface area contributed by atoms with E-state index in [-0.39, 0.29) is 11.5 Å². The summed E-state index contributed by atoms with van der Waals surface area (Å²) < 4.78 is 26.4. The molecule has 0 unspecified atom stereocenters. The van der Waals surface area contributed by atoms with Crippen LogP contribution in [0.1, 0.15) is 10.5 Å². The molecule has 0 saturated carbocycles. The van der Waals surface area contributed by atoms with Crippen molar-refractivity contribution < 1.29 is 13.6 Å². The monoisotopic (exact) mass is 330 g/mol. The predicted molar refractivity (Wildman–Crippen MR) is 68.1 cm³/mol. The van der Waals surface area contributed by atoms with E-state index in [2.05, 4.69) is 31.2 Å². The fourth-order valence-electron chi connectivity index (χ4n) is 1.49. The highest BCUT2D eigenvalue weighted by Crippen LogP contribution is 2.10. The maximum absolute atomic E-state index is 12.3. The van der Waals surface area contributed by atoms with Crippen LogP contribution in [0.15, 0.2) is 35.3 Å². The molecule has 19 heavy (non-hydrogen) atoms. The summed E-state index contributed by atoms with van der Waals surface area (Å²) in [6.07, 6.45) is 1.69. The molecule has 2 aromatic heterocycles. The minimum Gasteiger partial charge on any atom is -0.338 e. The first-order valence-corrected chi connectivity index (χ1v) is 6.08. The second-order valence-corrected chi connectivity index (χ2v) is 4.43. The van der Waals surface area contributed by atoms with E-state index in [9.17, 15) is 13.6 Å². The average molecular weight is 331 g/mol. The van der Waals surface area contributed by atoms with Gasteiger partial charge in [0.15, 0.2) is 5.82 Å². The van der Waals surface area contributed by atoms with E-state index >= 15 is 0 Å². The first kappa shape index (κ1) is 13.6. The van der Waals surface area contributed by atoms with Gasteiger partial charge in [0.25, 0.3) is 12.3 Å². The standard InChI is InChI=1S/C11H9BrF2N4O/c12-8-4-16-10(5-15-8)17-11(19)7-2-1-3-18(7)6-9(13)14/h1-5,9H,6H2,(H,16,17,19). The van der Waals surface area contributed by atoms with Crippen molar-refractivity contribution in [1.29, 1.82) is 0 Å². The SMILES string of the molecule is O=C(Nc1cnc(Br)cn1)c1cccn1CC(F)F. The Morgan fingerprint density at radius 2 is 2.21 bits per heavy atom. The first-order chi connectivity index (χ1) is 9.06. The normalized spacial score (nSPS) is 10.7. The van der Waals surface area contributed by atoms with E-state index in [0.717, 1.165) is 0 Å². The summed E-state index contributed by atoms with van der Waals surface area (Å²) in [5, 5.41) is 2.49. The molecular formula is C11H9BrF2N4O. The van der Waals surface area contributed by atoms with Gasteiger partial charge in [-0.05, 0) is 28.1 Å². The van der Waals surface area contributed by atoms with Crippen molar-refractivity contribution in [3.63, 3.8) is 0 Å². The molecule has 1 N–H and O–H groups in total. The lowest BCUT2D eigenvalue weighted by Gasteiger charge is -2.08. The van der Waals surface area contributed by atoms with Crippen LogP contribution < -0.4 is 5.32 Å². The zero-order valence-corrected chi connectivity index (χ0v) is 11.1. The summed E-state index contributed by atoms with van der Waals surface area (Å²) in [7, 11) is 0. The van der Waals surface area contributed by atoms with Crippen LogP contribution in [0.3, 0.4) is 0 Å². The summed E-state index contributed by atoms with van der Waals surface area (Å²) >= 11 is 3.12. The third-order valence-electron chi connectivity index (χ3n) is 2.26. The Labute approximate surface area is 115 Å². The fourth-order valence-corrected chi connectivity index (χ4v) is 1.69. The number of carbonyl (C=O) groups is 1. The lowest BCUT2D eigenvalue weighted by atomic mass is 10.4. The van der Waals surface area contributed by atoms with Gasteiger partial charge in [-0.2, -0.15) is 0 Å². The van der Waals surface area contributed by atoms with Crippen LogP contribution in [0.2, 0.25) is 0 Å². The van der Waals surface area contributed by atoms with Gasteiger partial charge in [-0.15, -0.1) is 0 Å². The minimum atomic E-state index is -2.52. The van der Waals surface area contributed by atoms with Gasteiger partial charge in [-0.3, -0.25) is 4.79 Å². The molecule has 1 amide bonds. The van der Waals surface area contributed by atoms with Crippen molar-refractivity contribution in [3.8, 4) is 0 Å². The molecular weight excluding hydrogens is 322 g/mol. The molecule has 100 valence electrons. The number of anilines is 1. The lowest BCUT2D eigenvalue weighted by molar-refractivity contribution is 0.0997. The topological polar surface area (TPSA) is 59.8 Å². The molecule has 2 heterocycles. The zero-order chi connectivity index (χ0) is 13.8.